The first-order valence-corrected chi connectivity index (χ1v) is 7.88. The number of rotatable bonds is 9. The van der Waals surface area contributed by atoms with Crippen molar-refractivity contribution in [3.63, 3.8) is 0 Å². The smallest absolute Gasteiger partial charge is 0.341 e. The van der Waals surface area contributed by atoms with E-state index in [1.54, 1.807) is 27.9 Å². The van der Waals surface area contributed by atoms with Crippen molar-refractivity contribution in [1.82, 2.24) is 10.2 Å². The molecule has 8 heteroatoms. The van der Waals surface area contributed by atoms with Crippen molar-refractivity contribution < 1.29 is 29.0 Å². The summed E-state index contributed by atoms with van der Waals surface area (Å²) in [6.07, 6.45) is 0. The Labute approximate surface area is 146 Å². The highest BCUT2D eigenvalue weighted by molar-refractivity contribution is 5.95. The summed E-state index contributed by atoms with van der Waals surface area (Å²) in [4.78, 5) is 36.2. The molecule has 2 amide bonds. The molecule has 0 saturated heterocycles. The standard InChI is InChI=1S/C17H24N2O6/c1-5-24-14-8-12(6-7-13(14)25-10-15(20)21)17(23)19(4)9-11(2)16(22)18-3/h6-8,11H,5,9-10H2,1-4H3,(H,18,22)(H,20,21). The van der Waals surface area contributed by atoms with Crippen LogP contribution in [-0.2, 0) is 9.59 Å². The van der Waals surface area contributed by atoms with Gasteiger partial charge in [-0.2, -0.15) is 0 Å². The van der Waals surface area contributed by atoms with Gasteiger partial charge in [-0.15, -0.1) is 0 Å². The lowest BCUT2D eigenvalue weighted by Crippen LogP contribution is -2.37. The van der Waals surface area contributed by atoms with Gasteiger partial charge in [0.15, 0.2) is 18.1 Å². The first kappa shape index (κ1) is 20.3. The highest BCUT2D eigenvalue weighted by Gasteiger charge is 2.20. The number of hydrogen-bond donors (Lipinski definition) is 2. The lowest BCUT2D eigenvalue weighted by atomic mass is 10.1. The Morgan fingerprint density at radius 1 is 1.24 bits per heavy atom. The van der Waals surface area contributed by atoms with Gasteiger partial charge in [-0.05, 0) is 25.1 Å². The van der Waals surface area contributed by atoms with Crippen LogP contribution in [0.1, 0.15) is 24.2 Å². The minimum atomic E-state index is -1.11. The van der Waals surface area contributed by atoms with Crippen LogP contribution in [-0.4, -0.2) is 61.6 Å². The molecular weight excluding hydrogens is 328 g/mol. The maximum absolute atomic E-state index is 12.5. The van der Waals surface area contributed by atoms with E-state index in [2.05, 4.69) is 5.32 Å². The number of nitrogens with one attached hydrogen (secondary N) is 1. The van der Waals surface area contributed by atoms with Gasteiger partial charge in [0, 0.05) is 26.2 Å². The van der Waals surface area contributed by atoms with Gasteiger partial charge in [0.25, 0.3) is 5.91 Å². The monoisotopic (exact) mass is 352 g/mol. The minimum absolute atomic E-state index is 0.146. The summed E-state index contributed by atoms with van der Waals surface area (Å²) in [6.45, 7) is 3.60. The molecule has 1 rings (SSSR count). The molecule has 0 heterocycles. The van der Waals surface area contributed by atoms with Crippen molar-refractivity contribution in [2.45, 2.75) is 13.8 Å². The Kier molecular flexibility index (Phi) is 7.71. The fourth-order valence-corrected chi connectivity index (χ4v) is 2.21. The zero-order valence-electron chi connectivity index (χ0n) is 14.9. The molecular formula is C17H24N2O6. The van der Waals surface area contributed by atoms with E-state index in [-0.39, 0.29) is 30.0 Å². The van der Waals surface area contributed by atoms with Crippen molar-refractivity contribution in [2.75, 3.05) is 33.9 Å². The zero-order valence-corrected chi connectivity index (χ0v) is 14.9. The zero-order chi connectivity index (χ0) is 19.0. The van der Waals surface area contributed by atoms with Crippen LogP contribution >= 0.6 is 0 Å². The molecule has 0 saturated carbocycles. The van der Waals surface area contributed by atoms with Gasteiger partial charge in [0.1, 0.15) is 0 Å². The van der Waals surface area contributed by atoms with Crippen molar-refractivity contribution >= 4 is 17.8 Å². The molecule has 138 valence electrons. The van der Waals surface area contributed by atoms with Gasteiger partial charge in [-0.3, -0.25) is 9.59 Å². The largest absolute Gasteiger partial charge is 0.490 e. The fourth-order valence-electron chi connectivity index (χ4n) is 2.21. The van der Waals surface area contributed by atoms with Crippen LogP contribution in [0.5, 0.6) is 11.5 Å². The van der Waals surface area contributed by atoms with E-state index < -0.39 is 12.6 Å². The van der Waals surface area contributed by atoms with Gasteiger partial charge in [0.05, 0.1) is 12.5 Å². The summed E-state index contributed by atoms with van der Waals surface area (Å²) in [7, 11) is 3.15. The Balaban J connectivity index is 2.92. The normalized spacial score (nSPS) is 11.4. The lowest BCUT2D eigenvalue weighted by Gasteiger charge is -2.21. The number of carboxylic acid groups (broad SMARTS) is 1. The van der Waals surface area contributed by atoms with Crippen molar-refractivity contribution in [1.29, 1.82) is 0 Å². The van der Waals surface area contributed by atoms with Gasteiger partial charge < -0.3 is 24.8 Å². The van der Waals surface area contributed by atoms with Crippen molar-refractivity contribution in [3.8, 4) is 11.5 Å². The average molecular weight is 352 g/mol. The van der Waals surface area contributed by atoms with Crippen molar-refractivity contribution in [3.05, 3.63) is 23.8 Å². The van der Waals surface area contributed by atoms with E-state index in [1.165, 1.54) is 23.1 Å². The Bertz CT molecular complexity index is 632. The SMILES string of the molecule is CCOc1cc(C(=O)N(C)CC(C)C(=O)NC)ccc1OCC(=O)O. The Hall–Kier alpha value is -2.77. The van der Waals surface area contributed by atoms with Gasteiger partial charge >= 0.3 is 5.97 Å². The van der Waals surface area contributed by atoms with Crippen LogP contribution in [0.4, 0.5) is 0 Å². The lowest BCUT2D eigenvalue weighted by molar-refractivity contribution is -0.139. The summed E-state index contributed by atoms with van der Waals surface area (Å²) in [5, 5.41) is 11.2. The molecule has 2 N–H and O–H groups in total. The topological polar surface area (TPSA) is 105 Å². The van der Waals surface area contributed by atoms with E-state index in [9.17, 15) is 14.4 Å². The van der Waals surface area contributed by atoms with Crippen LogP contribution in [0.25, 0.3) is 0 Å². The molecule has 0 radical (unpaired) electrons. The minimum Gasteiger partial charge on any atom is -0.490 e. The summed E-state index contributed by atoms with van der Waals surface area (Å²) >= 11 is 0. The molecule has 8 nitrogen and oxygen atoms in total. The number of amides is 2. The molecule has 1 aromatic carbocycles. The van der Waals surface area contributed by atoms with Crippen LogP contribution in [0.15, 0.2) is 18.2 Å². The third-order valence-corrected chi connectivity index (χ3v) is 3.43. The number of nitrogens with zero attached hydrogens (tertiary/aromatic N) is 1. The first-order chi connectivity index (χ1) is 11.8. The molecule has 0 aliphatic heterocycles. The van der Waals surface area contributed by atoms with E-state index >= 15 is 0 Å². The predicted molar refractivity (Wildman–Crippen MR) is 90.9 cm³/mol. The fraction of sp³-hybridized carbons (Fsp3) is 0.471. The molecule has 1 unspecified atom stereocenters. The van der Waals surface area contributed by atoms with Crippen LogP contribution in [0, 0.1) is 5.92 Å². The molecule has 0 aliphatic carbocycles. The third kappa shape index (κ3) is 5.98. The van der Waals surface area contributed by atoms with Crippen molar-refractivity contribution in [2.24, 2.45) is 5.92 Å². The van der Waals surface area contributed by atoms with Gasteiger partial charge in [-0.1, -0.05) is 6.92 Å². The maximum Gasteiger partial charge on any atom is 0.341 e. The first-order valence-electron chi connectivity index (χ1n) is 7.88. The third-order valence-electron chi connectivity index (χ3n) is 3.43. The molecule has 1 atom stereocenters. The van der Waals surface area contributed by atoms with E-state index in [4.69, 9.17) is 14.6 Å². The summed E-state index contributed by atoms with van der Waals surface area (Å²) in [5.41, 5.74) is 0.359. The van der Waals surface area contributed by atoms with E-state index in [0.29, 0.717) is 17.9 Å². The highest BCUT2D eigenvalue weighted by Crippen LogP contribution is 2.29. The molecule has 0 aromatic heterocycles. The molecule has 0 fully saturated rings. The molecule has 0 aliphatic rings. The van der Waals surface area contributed by atoms with Crippen LogP contribution in [0.2, 0.25) is 0 Å². The second kappa shape index (κ2) is 9.51. The molecule has 1 aromatic rings. The van der Waals surface area contributed by atoms with Gasteiger partial charge in [-0.25, -0.2) is 4.79 Å². The number of carboxylic acids is 1. The second-order valence-corrected chi connectivity index (χ2v) is 5.48. The molecule has 0 spiro atoms. The van der Waals surface area contributed by atoms with Gasteiger partial charge in [0.2, 0.25) is 5.91 Å². The number of aliphatic carboxylic acids is 1. The predicted octanol–water partition coefficient (Wildman–Crippen LogP) is 1.00. The second-order valence-electron chi connectivity index (χ2n) is 5.48. The number of ether oxygens (including phenoxy) is 2. The summed E-state index contributed by atoms with van der Waals surface area (Å²) in [5.74, 6) is -1.33. The number of benzene rings is 1. The summed E-state index contributed by atoms with van der Waals surface area (Å²) < 4.78 is 10.6. The number of hydrogen-bond acceptors (Lipinski definition) is 5. The maximum atomic E-state index is 12.5. The average Bonchev–Trinajstić information content (AvgIpc) is 2.59. The number of carbonyl (C=O) groups is 3. The Morgan fingerprint density at radius 2 is 1.92 bits per heavy atom. The molecule has 0 bridgehead atoms. The van der Waals surface area contributed by atoms with E-state index in [1.807, 2.05) is 0 Å². The van der Waals surface area contributed by atoms with Crippen LogP contribution in [0.3, 0.4) is 0 Å². The Morgan fingerprint density at radius 3 is 2.48 bits per heavy atom. The highest BCUT2D eigenvalue weighted by atomic mass is 16.5. The summed E-state index contributed by atoms with van der Waals surface area (Å²) in [6, 6.07) is 4.53. The molecule has 25 heavy (non-hydrogen) atoms. The number of carbonyl (C=O) groups excluding carboxylic acids is 2. The van der Waals surface area contributed by atoms with Crippen LogP contribution < -0.4 is 14.8 Å². The quantitative estimate of drug-likeness (QED) is 0.687. The van der Waals surface area contributed by atoms with E-state index in [0.717, 1.165) is 0 Å².